The maximum atomic E-state index is 3.74. The quantitative estimate of drug-likeness (QED) is 0.738. The third-order valence-corrected chi connectivity index (χ3v) is 4.84. The summed E-state index contributed by atoms with van der Waals surface area (Å²) in [7, 11) is 0. The van der Waals surface area contributed by atoms with E-state index in [9.17, 15) is 0 Å². The zero-order chi connectivity index (χ0) is 12.7. The van der Waals surface area contributed by atoms with Crippen LogP contribution < -0.4 is 5.32 Å². The molecule has 1 N–H and O–H groups in total. The topological polar surface area (TPSA) is 15.3 Å². The Hall–Kier alpha value is 0.270. The maximum absolute atomic E-state index is 3.74. The van der Waals surface area contributed by atoms with E-state index in [4.69, 9.17) is 0 Å². The summed E-state index contributed by atoms with van der Waals surface area (Å²) < 4.78 is 0. The summed E-state index contributed by atoms with van der Waals surface area (Å²) in [5, 5.41) is 3.74. The first-order chi connectivity index (χ1) is 8.19. The van der Waals surface area contributed by atoms with Crippen molar-refractivity contribution in [3.63, 3.8) is 0 Å². The fourth-order valence-electron chi connectivity index (χ4n) is 2.55. The molecule has 3 unspecified atom stereocenters. The molecule has 102 valence electrons. The van der Waals surface area contributed by atoms with Gasteiger partial charge < -0.3 is 5.32 Å². The predicted molar refractivity (Wildman–Crippen MR) is 79.9 cm³/mol. The molecule has 0 saturated carbocycles. The van der Waals surface area contributed by atoms with E-state index in [0.29, 0.717) is 6.04 Å². The molecule has 17 heavy (non-hydrogen) atoms. The highest BCUT2D eigenvalue weighted by Gasteiger charge is 2.24. The molecular weight excluding hydrogens is 228 g/mol. The first-order valence-corrected chi connectivity index (χ1v) is 8.54. The summed E-state index contributed by atoms with van der Waals surface area (Å²) in [4.78, 5) is 2.70. The second kappa shape index (κ2) is 8.39. The molecule has 3 atom stereocenters. The average Bonchev–Trinajstić information content (AvgIpc) is 2.51. The summed E-state index contributed by atoms with van der Waals surface area (Å²) in [5.74, 6) is 2.09. The Morgan fingerprint density at radius 1 is 1.47 bits per heavy atom. The fraction of sp³-hybridized carbons (Fsp3) is 1.00. The lowest BCUT2D eigenvalue weighted by Crippen LogP contribution is -2.43. The monoisotopic (exact) mass is 258 g/mol. The molecule has 1 rings (SSSR count). The van der Waals surface area contributed by atoms with Crippen molar-refractivity contribution >= 4 is 11.8 Å². The molecule has 0 aliphatic carbocycles. The summed E-state index contributed by atoms with van der Waals surface area (Å²) in [6.07, 6.45) is 6.12. The van der Waals surface area contributed by atoms with Crippen LogP contribution in [-0.4, -0.2) is 48.6 Å². The van der Waals surface area contributed by atoms with Crippen molar-refractivity contribution in [2.24, 2.45) is 5.92 Å². The van der Waals surface area contributed by atoms with Crippen molar-refractivity contribution in [3.8, 4) is 0 Å². The normalized spacial score (nSPS) is 28.9. The summed E-state index contributed by atoms with van der Waals surface area (Å²) in [6.45, 7) is 10.8. The van der Waals surface area contributed by atoms with E-state index in [-0.39, 0.29) is 0 Å². The van der Waals surface area contributed by atoms with Crippen molar-refractivity contribution in [1.82, 2.24) is 10.2 Å². The van der Waals surface area contributed by atoms with E-state index in [2.05, 4.69) is 37.2 Å². The number of thioether (sulfide) groups is 1. The van der Waals surface area contributed by atoms with E-state index in [1.165, 1.54) is 44.6 Å². The molecule has 0 bridgehead atoms. The third kappa shape index (κ3) is 5.19. The van der Waals surface area contributed by atoms with Gasteiger partial charge in [0.15, 0.2) is 0 Å². The van der Waals surface area contributed by atoms with Crippen LogP contribution >= 0.6 is 11.8 Å². The Labute approximate surface area is 112 Å². The molecule has 1 fully saturated rings. The van der Waals surface area contributed by atoms with Crippen LogP contribution in [0.2, 0.25) is 0 Å². The highest BCUT2D eigenvalue weighted by molar-refractivity contribution is 7.98. The number of nitrogens with one attached hydrogen (secondary N) is 1. The highest BCUT2D eigenvalue weighted by atomic mass is 32.2. The van der Waals surface area contributed by atoms with Gasteiger partial charge in [0, 0.05) is 18.6 Å². The van der Waals surface area contributed by atoms with Gasteiger partial charge in [-0.2, -0.15) is 11.8 Å². The first kappa shape index (κ1) is 15.3. The lowest BCUT2D eigenvalue weighted by Gasteiger charge is -2.31. The second-order valence-electron chi connectivity index (χ2n) is 5.43. The average molecular weight is 258 g/mol. The van der Waals surface area contributed by atoms with Crippen molar-refractivity contribution < 1.29 is 0 Å². The van der Waals surface area contributed by atoms with Gasteiger partial charge >= 0.3 is 0 Å². The van der Waals surface area contributed by atoms with Gasteiger partial charge in [0.05, 0.1) is 0 Å². The van der Waals surface area contributed by atoms with Gasteiger partial charge in [-0.3, -0.25) is 4.90 Å². The van der Waals surface area contributed by atoms with Crippen LogP contribution in [0.3, 0.4) is 0 Å². The molecule has 0 radical (unpaired) electrons. The minimum absolute atomic E-state index is 0.694. The first-order valence-electron chi connectivity index (χ1n) is 7.15. The Bertz CT molecular complexity index is 199. The SMILES string of the molecule is CCC(C)C1CN(CCCSC)C(C)CCN1. The molecular formula is C14H30N2S. The third-order valence-electron chi connectivity index (χ3n) is 4.15. The van der Waals surface area contributed by atoms with Crippen LogP contribution in [0.1, 0.15) is 40.0 Å². The van der Waals surface area contributed by atoms with Crippen LogP contribution in [0.4, 0.5) is 0 Å². The second-order valence-corrected chi connectivity index (χ2v) is 6.41. The Kier molecular flexibility index (Phi) is 7.56. The van der Waals surface area contributed by atoms with E-state index in [1.807, 2.05) is 11.8 Å². The van der Waals surface area contributed by atoms with Crippen LogP contribution in [0.5, 0.6) is 0 Å². The van der Waals surface area contributed by atoms with Crippen molar-refractivity contribution in [2.45, 2.75) is 52.1 Å². The molecule has 2 nitrogen and oxygen atoms in total. The lowest BCUT2D eigenvalue weighted by atomic mass is 9.99. The van der Waals surface area contributed by atoms with Crippen LogP contribution in [0.15, 0.2) is 0 Å². The van der Waals surface area contributed by atoms with E-state index in [0.717, 1.165) is 12.0 Å². The van der Waals surface area contributed by atoms with Crippen molar-refractivity contribution in [3.05, 3.63) is 0 Å². The van der Waals surface area contributed by atoms with Gasteiger partial charge in [0.2, 0.25) is 0 Å². The Morgan fingerprint density at radius 2 is 2.24 bits per heavy atom. The number of hydrogen-bond acceptors (Lipinski definition) is 3. The van der Waals surface area contributed by atoms with E-state index < -0.39 is 0 Å². The molecule has 0 aromatic carbocycles. The van der Waals surface area contributed by atoms with Crippen molar-refractivity contribution in [2.75, 3.05) is 31.6 Å². The minimum atomic E-state index is 0.694. The lowest BCUT2D eigenvalue weighted by molar-refractivity contribution is 0.189. The maximum Gasteiger partial charge on any atom is 0.0220 e. The molecule has 1 aliphatic rings. The van der Waals surface area contributed by atoms with Crippen LogP contribution in [0, 0.1) is 5.92 Å². The number of nitrogens with zero attached hydrogens (tertiary/aromatic N) is 1. The van der Waals surface area contributed by atoms with Gasteiger partial charge in [-0.05, 0) is 50.8 Å². The van der Waals surface area contributed by atoms with Gasteiger partial charge in [-0.15, -0.1) is 0 Å². The summed E-state index contributed by atoms with van der Waals surface area (Å²) >= 11 is 1.97. The summed E-state index contributed by atoms with van der Waals surface area (Å²) in [6, 6.07) is 1.44. The van der Waals surface area contributed by atoms with Gasteiger partial charge in [0.1, 0.15) is 0 Å². The molecule has 1 saturated heterocycles. The molecule has 0 aromatic heterocycles. The zero-order valence-corrected chi connectivity index (χ0v) is 12.9. The van der Waals surface area contributed by atoms with Gasteiger partial charge in [0.25, 0.3) is 0 Å². The standard InChI is InChI=1S/C14H30N2S/c1-5-12(2)14-11-16(9-6-10-17-4)13(3)7-8-15-14/h12-15H,5-11H2,1-4H3. The van der Waals surface area contributed by atoms with E-state index in [1.54, 1.807) is 0 Å². The molecule has 3 heteroatoms. The molecule has 0 amide bonds. The molecule has 1 heterocycles. The van der Waals surface area contributed by atoms with E-state index >= 15 is 0 Å². The predicted octanol–water partition coefficient (Wildman–Crippen LogP) is 2.84. The number of hydrogen-bond donors (Lipinski definition) is 1. The fourth-order valence-corrected chi connectivity index (χ4v) is 2.96. The van der Waals surface area contributed by atoms with Gasteiger partial charge in [-0.25, -0.2) is 0 Å². The van der Waals surface area contributed by atoms with Crippen molar-refractivity contribution in [1.29, 1.82) is 0 Å². The van der Waals surface area contributed by atoms with Crippen LogP contribution in [-0.2, 0) is 0 Å². The highest BCUT2D eigenvalue weighted by Crippen LogP contribution is 2.16. The Balaban J connectivity index is 2.46. The van der Waals surface area contributed by atoms with Crippen LogP contribution in [0.25, 0.3) is 0 Å². The Morgan fingerprint density at radius 3 is 2.88 bits per heavy atom. The summed E-state index contributed by atoms with van der Waals surface area (Å²) in [5.41, 5.74) is 0. The molecule has 0 aromatic rings. The molecule has 0 spiro atoms. The minimum Gasteiger partial charge on any atom is -0.312 e. The number of rotatable bonds is 6. The zero-order valence-electron chi connectivity index (χ0n) is 12.0. The molecule has 1 aliphatic heterocycles. The van der Waals surface area contributed by atoms with Gasteiger partial charge in [-0.1, -0.05) is 20.3 Å². The largest absolute Gasteiger partial charge is 0.312 e. The smallest absolute Gasteiger partial charge is 0.0220 e.